The Hall–Kier alpha value is -2.29. The Kier molecular flexibility index (Phi) is 4.29. The van der Waals surface area contributed by atoms with Crippen LogP contribution >= 0.6 is 0 Å². The van der Waals surface area contributed by atoms with Gasteiger partial charge in [0.15, 0.2) is 5.69 Å². The van der Waals surface area contributed by atoms with Crippen molar-refractivity contribution in [1.82, 2.24) is 10.3 Å². The summed E-state index contributed by atoms with van der Waals surface area (Å²) < 4.78 is 0. The van der Waals surface area contributed by atoms with Crippen LogP contribution < -0.4 is 16.0 Å². The van der Waals surface area contributed by atoms with E-state index in [0.717, 1.165) is 0 Å². The Morgan fingerprint density at radius 2 is 2.35 bits per heavy atom. The lowest BCUT2D eigenvalue weighted by Gasteiger charge is -2.17. The largest absolute Gasteiger partial charge is 0.396 e. The topological polar surface area (TPSA) is 95.0 Å². The lowest BCUT2D eigenvalue weighted by Crippen LogP contribution is -2.35. The fourth-order valence-electron chi connectivity index (χ4n) is 1.31. The average Bonchev–Trinajstić information content (AvgIpc) is 2.29. The molecule has 0 radical (unpaired) electrons. The van der Waals surface area contributed by atoms with Gasteiger partial charge in [0.25, 0.3) is 0 Å². The van der Waals surface area contributed by atoms with Crippen LogP contribution in [0.3, 0.4) is 0 Å². The molecule has 0 aliphatic carbocycles. The molecule has 0 aliphatic rings. The summed E-state index contributed by atoms with van der Waals surface area (Å²) in [5.41, 5.74) is 6.07. The Morgan fingerprint density at radius 1 is 1.65 bits per heavy atom. The van der Waals surface area contributed by atoms with E-state index in [1.54, 1.807) is 24.1 Å². The van der Waals surface area contributed by atoms with Crippen LogP contribution in [0.2, 0.25) is 0 Å². The Balaban J connectivity index is 2.79. The Morgan fingerprint density at radius 3 is 2.94 bits per heavy atom. The minimum absolute atomic E-state index is 0.0906. The van der Waals surface area contributed by atoms with Gasteiger partial charge in [0.2, 0.25) is 5.91 Å². The van der Waals surface area contributed by atoms with Crippen molar-refractivity contribution in [2.24, 2.45) is 0 Å². The van der Waals surface area contributed by atoms with Crippen LogP contribution in [0.25, 0.3) is 0 Å². The molecule has 0 aliphatic heterocycles. The molecule has 0 bridgehead atoms. The van der Waals surface area contributed by atoms with Crippen molar-refractivity contribution in [3.05, 3.63) is 17.8 Å². The number of nitrogens with two attached hydrogens (primary N) is 1. The number of nitrogens with zero attached hydrogens (tertiary/aromatic N) is 3. The number of pyridine rings is 1. The highest BCUT2D eigenvalue weighted by Crippen LogP contribution is 2.14. The van der Waals surface area contributed by atoms with E-state index in [1.165, 1.54) is 0 Å². The monoisotopic (exact) mass is 233 g/mol. The van der Waals surface area contributed by atoms with E-state index in [2.05, 4.69) is 10.3 Å². The maximum Gasteiger partial charge on any atom is 0.239 e. The predicted octanol–water partition coefficient (Wildman–Crippen LogP) is 0.108. The first-order valence-electron chi connectivity index (χ1n) is 5.23. The van der Waals surface area contributed by atoms with Crippen LogP contribution in [0.5, 0.6) is 0 Å². The summed E-state index contributed by atoms with van der Waals surface area (Å²) in [6.07, 6.45) is 0. The first kappa shape index (κ1) is 12.8. The number of carbonyl (C=O) groups is 1. The molecule has 90 valence electrons. The van der Waals surface area contributed by atoms with Gasteiger partial charge in [-0.15, -0.1) is 0 Å². The fourth-order valence-corrected chi connectivity index (χ4v) is 1.31. The number of hydrogen-bond donors (Lipinski definition) is 2. The van der Waals surface area contributed by atoms with Crippen molar-refractivity contribution in [1.29, 1.82) is 5.26 Å². The molecule has 17 heavy (non-hydrogen) atoms. The van der Waals surface area contributed by atoms with Crippen LogP contribution in [-0.4, -0.2) is 31.0 Å². The summed E-state index contributed by atoms with van der Waals surface area (Å²) in [5.74, 6) is 0.453. The molecule has 1 aromatic heterocycles. The molecule has 3 N–H and O–H groups in total. The van der Waals surface area contributed by atoms with E-state index >= 15 is 0 Å². The Labute approximate surface area is 100 Å². The highest BCUT2D eigenvalue weighted by molar-refractivity contribution is 5.80. The summed E-state index contributed by atoms with van der Waals surface area (Å²) >= 11 is 0. The van der Waals surface area contributed by atoms with Crippen LogP contribution in [0.1, 0.15) is 12.6 Å². The quantitative estimate of drug-likeness (QED) is 0.769. The van der Waals surface area contributed by atoms with E-state index < -0.39 is 0 Å². The lowest BCUT2D eigenvalue weighted by molar-refractivity contribution is -0.119. The van der Waals surface area contributed by atoms with Gasteiger partial charge in [-0.3, -0.25) is 4.79 Å². The number of carbonyl (C=O) groups excluding carboxylic acids is 1. The minimum atomic E-state index is -0.0906. The third-order valence-corrected chi connectivity index (χ3v) is 2.16. The fraction of sp³-hybridized carbons (Fsp3) is 0.364. The van der Waals surface area contributed by atoms with Gasteiger partial charge in [0.1, 0.15) is 11.9 Å². The second-order valence-corrected chi connectivity index (χ2v) is 3.53. The SMILES string of the molecule is CCNC(=O)CN(C)c1ccc(N)c(C#N)n1. The van der Waals surface area contributed by atoms with Crippen LogP contribution in [0.15, 0.2) is 12.1 Å². The summed E-state index contributed by atoms with van der Waals surface area (Å²) in [6, 6.07) is 5.19. The molecule has 1 rings (SSSR count). The maximum atomic E-state index is 11.4. The molecular weight excluding hydrogens is 218 g/mol. The van der Waals surface area contributed by atoms with E-state index in [1.807, 2.05) is 13.0 Å². The van der Waals surface area contributed by atoms with Gasteiger partial charge in [0, 0.05) is 13.6 Å². The predicted molar refractivity (Wildman–Crippen MR) is 65.3 cm³/mol. The molecule has 0 atom stereocenters. The molecule has 0 saturated heterocycles. The number of hydrogen-bond acceptors (Lipinski definition) is 5. The molecular formula is C11H15N5O. The van der Waals surface area contributed by atoms with E-state index in [9.17, 15) is 4.79 Å². The van der Waals surface area contributed by atoms with Crippen LogP contribution in [0.4, 0.5) is 11.5 Å². The Bertz CT molecular complexity index is 452. The van der Waals surface area contributed by atoms with E-state index in [4.69, 9.17) is 11.0 Å². The highest BCUT2D eigenvalue weighted by Gasteiger charge is 2.09. The third kappa shape index (κ3) is 3.34. The van der Waals surface area contributed by atoms with Gasteiger partial charge in [-0.1, -0.05) is 0 Å². The first-order chi connectivity index (χ1) is 8.08. The molecule has 0 saturated carbocycles. The van der Waals surface area contributed by atoms with Gasteiger partial charge < -0.3 is 16.0 Å². The molecule has 0 spiro atoms. The van der Waals surface area contributed by atoms with Crippen molar-refractivity contribution in [3.63, 3.8) is 0 Å². The van der Waals surface area contributed by atoms with Crippen molar-refractivity contribution in [2.45, 2.75) is 6.92 Å². The number of nitriles is 1. The maximum absolute atomic E-state index is 11.4. The molecule has 1 heterocycles. The molecule has 0 aromatic carbocycles. The molecule has 1 amide bonds. The van der Waals surface area contributed by atoms with Gasteiger partial charge in [-0.2, -0.15) is 5.26 Å². The number of aromatic nitrogens is 1. The van der Waals surface area contributed by atoms with Gasteiger partial charge in [-0.05, 0) is 19.1 Å². The van der Waals surface area contributed by atoms with Crippen molar-refractivity contribution < 1.29 is 4.79 Å². The van der Waals surface area contributed by atoms with Gasteiger partial charge in [0.05, 0.1) is 12.2 Å². The smallest absolute Gasteiger partial charge is 0.239 e. The normalized spacial score (nSPS) is 9.47. The van der Waals surface area contributed by atoms with Crippen LogP contribution in [0, 0.1) is 11.3 Å². The van der Waals surface area contributed by atoms with Crippen molar-refractivity contribution in [2.75, 3.05) is 30.8 Å². The zero-order valence-corrected chi connectivity index (χ0v) is 9.90. The molecule has 0 fully saturated rings. The number of anilines is 2. The number of nitrogen functional groups attached to an aromatic ring is 1. The van der Waals surface area contributed by atoms with Gasteiger partial charge in [-0.25, -0.2) is 4.98 Å². The van der Waals surface area contributed by atoms with E-state index in [-0.39, 0.29) is 18.1 Å². The number of amides is 1. The second kappa shape index (κ2) is 5.70. The first-order valence-corrected chi connectivity index (χ1v) is 5.23. The number of rotatable bonds is 4. The van der Waals surface area contributed by atoms with Crippen molar-refractivity contribution >= 4 is 17.4 Å². The molecule has 6 nitrogen and oxygen atoms in total. The number of nitrogens with one attached hydrogen (secondary N) is 1. The highest BCUT2D eigenvalue weighted by atomic mass is 16.2. The minimum Gasteiger partial charge on any atom is -0.396 e. The summed E-state index contributed by atoms with van der Waals surface area (Å²) in [7, 11) is 1.73. The summed E-state index contributed by atoms with van der Waals surface area (Å²) in [4.78, 5) is 17.1. The molecule has 0 unspecified atom stereocenters. The average molecular weight is 233 g/mol. The van der Waals surface area contributed by atoms with Crippen molar-refractivity contribution in [3.8, 4) is 6.07 Å². The zero-order chi connectivity index (χ0) is 12.8. The standard InChI is InChI=1S/C11H15N5O/c1-3-14-11(17)7-16(2)10-5-4-8(13)9(6-12)15-10/h4-5H,3,7,13H2,1-2H3,(H,14,17). The lowest BCUT2D eigenvalue weighted by atomic mass is 10.3. The zero-order valence-electron chi connectivity index (χ0n) is 9.90. The van der Waals surface area contributed by atoms with Crippen LogP contribution in [-0.2, 0) is 4.79 Å². The summed E-state index contributed by atoms with van der Waals surface area (Å²) in [6.45, 7) is 2.63. The summed E-state index contributed by atoms with van der Waals surface area (Å²) in [5, 5.41) is 11.5. The molecule has 6 heteroatoms. The third-order valence-electron chi connectivity index (χ3n) is 2.16. The van der Waals surface area contributed by atoms with Gasteiger partial charge >= 0.3 is 0 Å². The molecule has 1 aromatic rings. The van der Waals surface area contributed by atoms with E-state index in [0.29, 0.717) is 18.1 Å². The number of likely N-dealkylation sites (N-methyl/N-ethyl adjacent to an activating group) is 2. The second-order valence-electron chi connectivity index (χ2n) is 3.53.